The molecule has 0 spiro atoms. The summed E-state index contributed by atoms with van der Waals surface area (Å²) in [7, 11) is 0. The summed E-state index contributed by atoms with van der Waals surface area (Å²) in [5.41, 5.74) is 3.46. The predicted octanol–water partition coefficient (Wildman–Crippen LogP) is 0.241. The van der Waals surface area contributed by atoms with E-state index in [9.17, 15) is 4.79 Å². The molecule has 5 nitrogen and oxygen atoms in total. The molecular formula is C10H12N4O. The molecule has 0 saturated heterocycles. The third kappa shape index (κ3) is 1.96. The molecule has 0 fully saturated rings. The van der Waals surface area contributed by atoms with Crippen molar-refractivity contribution in [1.82, 2.24) is 15.7 Å². The van der Waals surface area contributed by atoms with Gasteiger partial charge in [0.05, 0.1) is 0 Å². The monoisotopic (exact) mass is 204 g/mol. The van der Waals surface area contributed by atoms with Crippen LogP contribution in [0.5, 0.6) is 0 Å². The van der Waals surface area contributed by atoms with Gasteiger partial charge < -0.3 is 5.32 Å². The van der Waals surface area contributed by atoms with E-state index in [1.54, 1.807) is 12.3 Å². The largest absolute Gasteiger partial charge is 0.306 e. The van der Waals surface area contributed by atoms with Gasteiger partial charge in [0, 0.05) is 6.20 Å². The third-order valence-electron chi connectivity index (χ3n) is 2.21. The van der Waals surface area contributed by atoms with Gasteiger partial charge in [0.15, 0.2) is 5.84 Å². The number of hydrazone groups is 1. The van der Waals surface area contributed by atoms with Gasteiger partial charge in [-0.15, -0.1) is 0 Å². The van der Waals surface area contributed by atoms with E-state index in [-0.39, 0.29) is 11.9 Å². The average Bonchev–Trinajstić information content (AvgIpc) is 2.30. The summed E-state index contributed by atoms with van der Waals surface area (Å²) in [4.78, 5) is 15.6. The van der Waals surface area contributed by atoms with Gasteiger partial charge in [-0.05, 0) is 18.6 Å². The molecule has 0 aliphatic carbocycles. The Morgan fingerprint density at radius 2 is 2.33 bits per heavy atom. The fraction of sp³-hybridized carbons (Fsp3) is 0.300. The minimum atomic E-state index is -0.238. The van der Waals surface area contributed by atoms with Gasteiger partial charge in [0.25, 0.3) is 0 Å². The summed E-state index contributed by atoms with van der Waals surface area (Å²) in [6.45, 7) is 1.93. The van der Waals surface area contributed by atoms with Gasteiger partial charge in [-0.1, -0.05) is 13.0 Å². The SMILES string of the molecule is CCC1NN=C(c2ccccn2)NC1=O. The van der Waals surface area contributed by atoms with Gasteiger partial charge in [-0.2, -0.15) is 5.10 Å². The summed E-state index contributed by atoms with van der Waals surface area (Å²) in [5.74, 6) is 0.415. The molecule has 1 aliphatic heterocycles. The van der Waals surface area contributed by atoms with E-state index in [0.717, 1.165) is 0 Å². The van der Waals surface area contributed by atoms with E-state index in [1.807, 2.05) is 19.1 Å². The van der Waals surface area contributed by atoms with Crippen molar-refractivity contribution in [3.05, 3.63) is 30.1 Å². The number of carbonyl (C=O) groups is 1. The summed E-state index contributed by atoms with van der Waals surface area (Å²) in [5, 5.41) is 6.79. The summed E-state index contributed by atoms with van der Waals surface area (Å²) < 4.78 is 0. The number of hydrogen-bond acceptors (Lipinski definition) is 4. The maximum absolute atomic E-state index is 11.5. The predicted molar refractivity (Wildman–Crippen MR) is 56.1 cm³/mol. The van der Waals surface area contributed by atoms with Crippen LogP contribution in [-0.2, 0) is 4.79 Å². The molecule has 15 heavy (non-hydrogen) atoms. The minimum Gasteiger partial charge on any atom is -0.306 e. The van der Waals surface area contributed by atoms with Crippen molar-refractivity contribution in [2.24, 2.45) is 5.10 Å². The second-order valence-electron chi connectivity index (χ2n) is 3.25. The zero-order chi connectivity index (χ0) is 10.7. The average molecular weight is 204 g/mol. The Kier molecular flexibility index (Phi) is 2.62. The number of amidine groups is 1. The molecule has 1 amide bonds. The molecule has 1 aromatic rings. The van der Waals surface area contributed by atoms with Gasteiger partial charge >= 0.3 is 0 Å². The molecule has 1 atom stereocenters. The fourth-order valence-electron chi connectivity index (χ4n) is 1.33. The van der Waals surface area contributed by atoms with E-state index < -0.39 is 0 Å². The summed E-state index contributed by atoms with van der Waals surface area (Å²) in [6.07, 6.45) is 2.38. The lowest BCUT2D eigenvalue weighted by Gasteiger charge is -2.21. The molecular weight excluding hydrogens is 192 g/mol. The normalized spacial score (nSPS) is 20.2. The highest BCUT2D eigenvalue weighted by molar-refractivity contribution is 6.09. The lowest BCUT2D eigenvalue weighted by atomic mass is 10.2. The first-order chi connectivity index (χ1) is 7.31. The smallest absolute Gasteiger partial charge is 0.249 e. The van der Waals surface area contributed by atoms with Crippen LogP contribution in [0.2, 0.25) is 0 Å². The van der Waals surface area contributed by atoms with Crippen LogP contribution >= 0.6 is 0 Å². The van der Waals surface area contributed by atoms with Crippen LogP contribution in [0.3, 0.4) is 0 Å². The molecule has 2 N–H and O–H groups in total. The highest BCUT2D eigenvalue weighted by Gasteiger charge is 2.22. The molecule has 1 unspecified atom stereocenters. The molecule has 5 heteroatoms. The van der Waals surface area contributed by atoms with Crippen LogP contribution in [-0.4, -0.2) is 22.8 Å². The molecule has 78 valence electrons. The van der Waals surface area contributed by atoms with E-state index in [1.165, 1.54) is 0 Å². The van der Waals surface area contributed by atoms with Crippen LogP contribution in [0.25, 0.3) is 0 Å². The Morgan fingerprint density at radius 3 is 2.93 bits per heavy atom. The Hall–Kier alpha value is -1.91. The van der Waals surface area contributed by atoms with E-state index in [2.05, 4.69) is 20.8 Å². The van der Waals surface area contributed by atoms with Crippen LogP contribution < -0.4 is 10.7 Å². The number of hydrogen-bond donors (Lipinski definition) is 2. The second-order valence-corrected chi connectivity index (χ2v) is 3.25. The van der Waals surface area contributed by atoms with Crippen molar-refractivity contribution >= 4 is 11.7 Å². The van der Waals surface area contributed by atoms with Crippen molar-refractivity contribution in [1.29, 1.82) is 0 Å². The number of pyridine rings is 1. The lowest BCUT2D eigenvalue weighted by molar-refractivity contribution is -0.122. The Morgan fingerprint density at radius 1 is 1.47 bits per heavy atom. The molecule has 1 aliphatic rings. The fourth-order valence-corrected chi connectivity index (χ4v) is 1.33. The number of nitrogens with one attached hydrogen (secondary N) is 2. The van der Waals surface area contributed by atoms with Crippen LogP contribution in [0, 0.1) is 0 Å². The standard InChI is InChI=1S/C10H12N4O/c1-2-7-10(15)12-9(14-13-7)8-5-3-4-6-11-8/h3-7,13H,2H2,1H3,(H,12,14,15). The van der Waals surface area contributed by atoms with E-state index >= 15 is 0 Å². The first kappa shape index (κ1) is 9.64. The van der Waals surface area contributed by atoms with Crippen molar-refractivity contribution < 1.29 is 4.79 Å². The molecule has 1 aromatic heterocycles. The van der Waals surface area contributed by atoms with Gasteiger partial charge in [0.2, 0.25) is 5.91 Å². The zero-order valence-electron chi connectivity index (χ0n) is 8.40. The van der Waals surface area contributed by atoms with Crippen molar-refractivity contribution in [3.63, 3.8) is 0 Å². The summed E-state index contributed by atoms with van der Waals surface area (Å²) in [6, 6.07) is 5.23. The first-order valence-electron chi connectivity index (χ1n) is 4.86. The maximum atomic E-state index is 11.5. The topological polar surface area (TPSA) is 66.4 Å². The van der Waals surface area contributed by atoms with Gasteiger partial charge in [-0.25, -0.2) is 0 Å². The number of nitrogens with zero attached hydrogens (tertiary/aromatic N) is 2. The van der Waals surface area contributed by atoms with Crippen molar-refractivity contribution in [2.45, 2.75) is 19.4 Å². The summed E-state index contributed by atoms with van der Waals surface area (Å²) >= 11 is 0. The molecule has 2 rings (SSSR count). The Bertz CT molecular complexity index is 388. The van der Waals surface area contributed by atoms with Gasteiger partial charge in [-0.3, -0.25) is 15.2 Å². The molecule has 2 heterocycles. The number of aromatic nitrogens is 1. The van der Waals surface area contributed by atoms with Crippen molar-refractivity contribution in [2.75, 3.05) is 0 Å². The van der Waals surface area contributed by atoms with Gasteiger partial charge in [0.1, 0.15) is 11.7 Å². The maximum Gasteiger partial charge on any atom is 0.249 e. The minimum absolute atomic E-state index is 0.0619. The lowest BCUT2D eigenvalue weighted by Crippen LogP contribution is -2.50. The van der Waals surface area contributed by atoms with E-state index in [4.69, 9.17) is 0 Å². The number of carbonyl (C=O) groups excluding carboxylic acids is 1. The molecule has 0 bridgehead atoms. The Labute approximate surface area is 87.6 Å². The molecule has 0 radical (unpaired) electrons. The highest BCUT2D eigenvalue weighted by atomic mass is 16.2. The molecule has 0 saturated carbocycles. The van der Waals surface area contributed by atoms with Crippen molar-refractivity contribution in [3.8, 4) is 0 Å². The number of amides is 1. The first-order valence-corrected chi connectivity index (χ1v) is 4.86. The highest BCUT2D eigenvalue weighted by Crippen LogP contribution is 2.01. The van der Waals surface area contributed by atoms with Crippen LogP contribution in [0.15, 0.2) is 29.5 Å². The quantitative estimate of drug-likeness (QED) is 0.725. The zero-order valence-corrected chi connectivity index (χ0v) is 8.40. The number of rotatable bonds is 2. The van der Waals surface area contributed by atoms with E-state index in [0.29, 0.717) is 18.0 Å². The molecule has 0 aromatic carbocycles. The Balaban J connectivity index is 2.20. The van der Waals surface area contributed by atoms with Crippen LogP contribution in [0.1, 0.15) is 19.0 Å². The van der Waals surface area contributed by atoms with Crippen LogP contribution in [0.4, 0.5) is 0 Å². The third-order valence-corrected chi connectivity index (χ3v) is 2.21. The second kappa shape index (κ2) is 4.08.